The number of hydrogen-bond donors (Lipinski definition) is 2. The van der Waals surface area contributed by atoms with Gasteiger partial charge >= 0.3 is 5.97 Å². The van der Waals surface area contributed by atoms with E-state index in [9.17, 15) is 14.4 Å². The van der Waals surface area contributed by atoms with Crippen molar-refractivity contribution >= 4 is 46.8 Å². The summed E-state index contributed by atoms with van der Waals surface area (Å²) >= 11 is 7.37. The Labute approximate surface area is 212 Å². The van der Waals surface area contributed by atoms with E-state index in [4.69, 9.17) is 16.3 Å². The number of rotatable bonds is 9. The predicted molar refractivity (Wildman–Crippen MR) is 135 cm³/mol. The Hall–Kier alpha value is -3.37. The van der Waals surface area contributed by atoms with E-state index in [1.807, 2.05) is 13.8 Å². The zero-order valence-electron chi connectivity index (χ0n) is 19.7. The number of esters is 1. The SMILES string of the molecule is COC(=O)c1cccc(NC(=O)CSc2nnc([C@H](NC(=O)c3ccccc3Cl)C(C)C)n2C)c1. The number of halogens is 1. The molecule has 1 atom stereocenters. The largest absolute Gasteiger partial charge is 0.465 e. The van der Waals surface area contributed by atoms with Crippen molar-refractivity contribution in [1.29, 1.82) is 0 Å². The number of ether oxygens (including phenoxy) is 1. The maximum Gasteiger partial charge on any atom is 0.337 e. The molecular weight excluding hydrogens is 490 g/mol. The number of hydrogen-bond acceptors (Lipinski definition) is 7. The Balaban J connectivity index is 1.66. The summed E-state index contributed by atoms with van der Waals surface area (Å²) in [6.45, 7) is 3.93. The van der Waals surface area contributed by atoms with Gasteiger partial charge in [-0.25, -0.2) is 4.79 Å². The third-order valence-corrected chi connectivity index (χ3v) is 6.47. The van der Waals surface area contributed by atoms with E-state index in [0.717, 1.165) is 0 Å². The highest BCUT2D eigenvalue weighted by molar-refractivity contribution is 7.99. The van der Waals surface area contributed by atoms with Crippen LogP contribution < -0.4 is 10.6 Å². The maximum atomic E-state index is 12.8. The molecule has 3 aromatic rings. The van der Waals surface area contributed by atoms with Crippen LogP contribution in [-0.2, 0) is 16.6 Å². The van der Waals surface area contributed by atoms with Crippen LogP contribution in [-0.4, -0.2) is 45.4 Å². The van der Waals surface area contributed by atoms with E-state index in [0.29, 0.717) is 32.8 Å². The second-order valence-electron chi connectivity index (χ2n) is 7.98. The van der Waals surface area contributed by atoms with Crippen LogP contribution in [0.2, 0.25) is 5.02 Å². The normalized spacial score (nSPS) is 11.7. The summed E-state index contributed by atoms with van der Waals surface area (Å²) in [5.41, 5.74) is 1.21. The fourth-order valence-electron chi connectivity index (χ4n) is 3.29. The number of amides is 2. The lowest BCUT2D eigenvalue weighted by atomic mass is 10.0. The van der Waals surface area contributed by atoms with Crippen LogP contribution in [0.3, 0.4) is 0 Å². The van der Waals surface area contributed by atoms with E-state index >= 15 is 0 Å². The molecule has 184 valence electrons. The second-order valence-corrected chi connectivity index (χ2v) is 9.33. The Morgan fingerprint density at radius 3 is 2.54 bits per heavy atom. The number of nitrogens with zero attached hydrogens (tertiary/aromatic N) is 3. The molecule has 0 spiro atoms. The number of aromatic nitrogens is 3. The Bertz CT molecular complexity index is 1230. The molecule has 3 rings (SSSR count). The van der Waals surface area contributed by atoms with Gasteiger partial charge in [-0.2, -0.15) is 0 Å². The molecule has 11 heteroatoms. The first-order chi connectivity index (χ1) is 16.7. The first-order valence-corrected chi connectivity index (χ1v) is 12.1. The van der Waals surface area contributed by atoms with Crippen molar-refractivity contribution in [3.63, 3.8) is 0 Å². The molecule has 1 heterocycles. The van der Waals surface area contributed by atoms with Crippen LogP contribution in [0.25, 0.3) is 0 Å². The lowest BCUT2D eigenvalue weighted by Crippen LogP contribution is -2.33. The van der Waals surface area contributed by atoms with Gasteiger partial charge in [-0.15, -0.1) is 10.2 Å². The van der Waals surface area contributed by atoms with E-state index in [-0.39, 0.29) is 23.5 Å². The monoisotopic (exact) mass is 515 g/mol. The molecule has 0 aliphatic rings. The molecule has 0 aliphatic carbocycles. The van der Waals surface area contributed by atoms with E-state index in [1.165, 1.54) is 18.9 Å². The van der Waals surface area contributed by atoms with Gasteiger partial charge in [-0.1, -0.05) is 55.4 Å². The molecule has 2 amide bonds. The minimum atomic E-state index is -0.483. The van der Waals surface area contributed by atoms with Gasteiger partial charge in [0.1, 0.15) is 0 Å². The van der Waals surface area contributed by atoms with Gasteiger partial charge in [-0.3, -0.25) is 9.59 Å². The van der Waals surface area contributed by atoms with E-state index < -0.39 is 12.0 Å². The summed E-state index contributed by atoms with van der Waals surface area (Å²) in [4.78, 5) is 36.9. The van der Waals surface area contributed by atoms with Gasteiger partial charge in [0.05, 0.1) is 35.1 Å². The number of benzene rings is 2. The van der Waals surface area contributed by atoms with Crippen LogP contribution in [0.5, 0.6) is 0 Å². The minimum Gasteiger partial charge on any atom is -0.465 e. The number of carbonyl (C=O) groups excluding carboxylic acids is 3. The lowest BCUT2D eigenvalue weighted by molar-refractivity contribution is -0.113. The van der Waals surface area contributed by atoms with Crippen LogP contribution in [0.15, 0.2) is 53.7 Å². The Morgan fingerprint density at radius 1 is 1.11 bits per heavy atom. The lowest BCUT2D eigenvalue weighted by Gasteiger charge is -2.22. The van der Waals surface area contributed by atoms with Crippen molar-refractivity contribution in [2.45, 2.75) is 25.0 Å². The number of nitrogens with one attached hydrogen (secondary N) is 2. The van der Waals surface area contributed by atoms with Gasteiger partial charge in [0.15, 0.2) is 11.0 Å². The average Bonchev–Trinajstić information content (AvgIpc) is 3.20. The fraction of sp³-hybridized carbons (Fsp3) is 0.292. The number of anilines is 1. The highest BCUT2D eigenvalue weighted by Gasteiger charge is 2.26. The Kier molecular flexibility index (Phi) is 8.89. The fourth-order valence-corrected chi connectivity index (χ4v) is 4.22. The summed E-state index contributed by atoms with van der Waals surface area (Å²) in [6, 6.07) is 12.9. The highest BCUT2D eigenvalue weighted by atomic mass is 35.5. The standard InChI is InChI=1S/C24H26ClN5O4S/c1-14(2)20(27-22(32)17-10-5-6-11-18(17)25)21-28-29-24(30(21)3)35-13-19(31)26-16-9-7-8-15(12-16)23(33)34-4/h5-12,14,20H,13H2,1-4H3,(H,26,31)(H,27,32)/t20-/m1/s1. The van der Waals surface area contributed by atoms with Crippen LogP contribution >= 0.6 is 23.4 Å². The number of carbonyl (C=O) groups is 3. The molecule has 0 bridgehead atoms. The van der Waals surface area contributed by atoms with Crippen molar-refractivity contribution in [2.75, 3.05) is 18.2 Å². The van der Waals surface area contributed by atoms with Crippen molar-refractivity contribution < 1.29 is 19.1 Å². The topological polar surface area (TPSA) is 115 Å². The zero-order chi connectivity index (χ0) is 25.5. The molecule has 2 N–H and O–H groups in total. The van der Waals surface area contributed by atoms with Crippen LogP contribution in [0.1, 0.15) is 46.4 Å². The third-order valence-electron chi connectivity index (χ3n) is 5.12. The van der Waals surface area contributed by atoms with Gasteiger partial charge in [0.25, 0.3) is 5.91 Å². The first kappa shape index (κ1) is 26.2. The summed E-state index contributed by atoms with van der Waals surface area (Å²) in [7, 11) is 3.08. The second kappa shape index (κ2) is 11.9. The average molecular weight is 516 g/mol. The highest BCUT2D eigenvalue weighted by Crippen LogP contribution is 2.25. The maximum absolute atomic E-state index is 12.8. The molecule has 0 saturated heterocycles. The molecule has 0 fully saturated rings. The Morgan fingerprint density at radius 2 is 1.86 bits per heavy atom. The number of thioether (sulfide) groups is 1. The molecule has 0 radical (unpaired) electrons. The van der Waals surface area contributed by atoms with Crippen LogP contribution in [0, 0.1) is 5.92 Å². The minimum absolute atomic E-state index is 0.0209. The summed E-state index contributed by atoms with van der Waals surface area (Å²) in [5.74, 6) is -0.397. The van der Waals surface area contributed by atoms with Crippen molar-refractivity contribution in [3.05, 3.63) is 70.5 Å². The van der Waals surface area contributed by atoms with Crippen molar-refractivity contribution in [3.8, 4) is 0 Å². The molecule has 35 heavy (non-hydrogen) atoms. The molecule has 0 unspecified atom stereocenters. The van der Waals surface area contributed by atoms with Gasteiger partial charge in [0, 0.05) is 12.7 Å². The quantitative estimate of drug-likeness (QED) is 0.325. The molecule has 1 aromatic heterocycles. The van der Waals surface area contributed by atoms with Gasteiger partial charge in [-0.05, 0) is 36.2 Å². The number of methoxy groups -OCH3 is 1. The smallest absolute Gasteiger partial charge is 0.337 e. The van der Waals surface area contributed by atoms with Gasteiger partial charge < -0.3 is 19.9 Å². The third kappa shape index (κ3) is 6.61. The molecule has 0 aliphatic heterocycles. The van der Waals surface area contributed by atoms with E-state index in [2.05, 4.69) is 20.8 Å². The summed E-state index contributed by atoms with van der Waals surface area (Å²) in [5, 5.41) is 15.1. The molecule has 0 saturated carbocycles. The van der Waals surface area contributed by atoms with E-state index in [1.54, 1.807) is 60.1 Å². The summed E-state index contributed by atoms with van der Waals surface area (Å²) in [6.07, 6.45) is 0. The molecular formula is C24H26ClN5O4S. The molecule has 9 nitrogen and oxygen atoms in total. The van der Waals surface area contributed by atoms with Crippen molar-refractivity contribution in [2.24, 2.45) is 13.0 Å². The summed E-state index contributed by atoms with van der Waals surface area (Å²) < 4.78 is 6.46. The van der Waals surface area contributed by atoms with Crippen LogP contribution in [0.4, 0.5) is 5.69 Å². The first-order valence-electron chi connectivity index (χ1n) is 10.8. The van der Waals surface area contributed by atoms with Gasteiger partial charge in [0.2, 0.25) is 5.91 Å². The molecule has 2 aromatic carbocycles. The van der Waals surface area contributed by atoms with Crippen molar-refractivity contribution in [1.82, 2.24) is 20.1 Å². The predicted octanol–water partition coefficient (Wildman–Crippen LogP) is 4.11. The zero-order valence-corrected chi connectivity index (χ0v) is 21.3.